The van der Waals surface area contributed by atoms with Crippen molar-refractivity contribution in [1.29, 1.82) is 5.26 Å². The quantitative estimate of drug-likeness (QED) is 0.835. The molecule has 0 saturated carbocycles. The minimum absolute atomic E-state index is 0.423. The molecule has 1 heterocycles. The molecule has 1 aromatic heterocycles. The van der Waals surface area contributed by atoms with Crippen LogP contribution in [-0.4, -0.2) is 16.6 Å². The summed E-state index contributed by atoms with van der Waals surface area (Å²) in [5.74, 6) is 1.06. The minimum Gasteiger partial charge on any atom is -0.344 e. The number of benzene rings is 1. The van der Waals surface area contributed by atoms with Crippen LogP contribution < -0.4 is 0 Å². The first-order valence-corrected chi connectivity index (χ1v) is 7.14. The average molecular weight is 265 g/mol. The van der Waals surface area contributed by atoms with Crippen molar-refractivity contribution in [3.8, 4) is 6.07 Å². The average Bonchev–Trinajstić information content (AvgIpc) is 2.74. The van der Waals surface area contributed by atoms with Crippen LogP contribution in [0.3, 0.4) is 0 Å². The van der Waals surface area contributed by atoms with Crippen LogP contribution in [0, 0.1) is 11.3 Å². The van der Waals surface area contributed by atoms with E-state index >= 15 is 0 Å². The summed E-state index contributed by atoms with van der Waals surface area (Å²) in [5, 5.41) is 10.4. The zero-order valence-electron chi connectivity index (χ0n) is 9.77. The molecule has 2 rings (SSSR count). The fraction of sp³-hybridized carbons (Fsp3) is 0.308. The van der Waals surface area contributed by atoms with Crippen LogP contribution in [0.5, 0.6) is 0 Å². The number of thioether (sulfide) groups is 1. The van der Waals surface area contributed by atoms with Crippen molar-refractivity contribution in [3.05, 3.63) is 35.0 Å². The number of hydrogen-bond donors (Lipinski definition) is 0. The van der Waals surface area contributed by atoms with Crippen LogP contribution >= 0.6 is 23.4 Å². The lowest BCUT2D eigenvalue weighted by molar-refractivity contribution is 0.633. The van der Waals surface area contributed by atoms with E-state index in [0.717, 1.165) is 16.7 Å². The summed E-state index contributed by atoms with van der Waals surface area (Å²) in [4.78, 5) is 0. The topological polar surface area (TPSA) is 28.7 Å². The number of aromatic nitrogens is 1. The van der Waals surface area contributed by atoms with Crippen molar-refractivity contribution >= 4 is 34.3 Å². The molecule has 1 atom stereocenters. The Morgan fingerprint density at radius 2 is 2.24 bits per heavy atom. The van der Waals surface area contributed by atoms with E-state index in [-0.39, 0.29) is 0 Å². The summed E-state index contributed by atoms with van der Waals surface area (Å²) in [6, 6.07) is 8.26. The second-order valence-electron chi connectivity index (χ2n) is 4.00. The van der Waals surface area contributed by atoms with Crippen LogP contribution in [0.15, 0.2) is 24.4 Å². The number of rotatable bonds is 3. The summed E-state index contributed by atoms with van der Waals surface area (Å²) in [7, 11) is 0. The van der Waals surface area contributed by atoms with Crippen molar-refractivity contribution in [2.45, 2.75) is 13.0 Å². The van der Waals surface area contributed by atoms with E-state index in [1.807, 2.05) is 30.1 Å². The number of nitriles is 1. The number of hydrogen-bond acceptors (Lipinski definition) is 2. The van der Waals surface area contributed by atoms with Gasteiger partial charge >= 0.3 is 0 Å². The molecule has 1 unspecified atom stereocenters. The summed E-state index contributed by atoms with van der Waals surface area (Å²) in [6.45, 7) is 2.18. The molecular weight excluding hydrogens is 252 g/mol. The minimum atomic E-state index is 0.423. The Balaban J connectivity index is 2.56. The van der Waals surface area contributed by atoms with Gasteiger partial charge < -0.3 is 4.57 Å². The molecule has 0 bridgehead atoms. The molecule has 1 aromatic carbocycles. The standard InChI is InChI=1S/C13H13ClN2S/c1-9(8-17-2)16-6-5-11-12(16)4-3-10(7-15)13(11)14/h3-6,9H,8H2,1-2H3. The molecule has 0 fully saturated rings. The van der Waals surface area contributed by atoms with Gasteiger partial charge in [0.05, 0.1) is 10.6 Å². The lowest BCUT2D eigenvalue weighted by Gasteiger charge is -2.14. The third-order valence-electron chi connectivity index (χ3n) is 2.84. The molecule has 0 radical (unpaired) electrons. The summed E-state index contributed by atoms with van der Waals surface area (Å²) in [6.07, 6.45) is 4.14. The number of nitrogens with zero attached hydrogens (tertiary/aromatic N) is 2. The third kappa shape index (κ3) is 2.15. The highest BCUT2D eigenvalue weighted by Gasteiger charge is 2.11. The second kappa shape index (κ2) is 5.03. The van der Waals surface area contributed by atoms with E-state index < -0.39 is 0 Å². The highest BCUT2D eigenvalue weighted by molar-refractivity contribution is 7.98. The third-order valence-corrected chi connectivity index (χ3v) is 4.06. The van der Waals surface area contributed by atoms with Crippen molar-refractivity contribution in [3.63, 3.8) is 0 Å². The van der Waals surface area contributed by atoms with Gasteiger partial charge in [0, 0.05) is 28.9 Å². The maximum Gasteiger partial charge on any atom is 0.101 e. The van der Waals surface area contributed by atoms with Gasteiger partial charge in [-0.1, -0.05) is 11.6 Å². The second-order valence-corrected chi connectivity index (χ2v) is 5.29. The Labute approximate surface area is 110 Å². The van der Waals surface area contributed by atoms with Gasteiger partial charge in [0.1, 0.15) is 6.07 Å². The van der Waals surface area contributed by atoms with Gasteiger partial charge in [-0.2, -0.15) is 17.0 Å². The number of halogens is 1. The Hall–Kier alpha value is -1.11. The first kappa shape index (κ1) is 12.3. The highest BCUT2D eigenvalue weighted by Crippen LogP contribution is 2.30. The molecule has 0 aliphatic carbocycles. The SMILES string of the molecule is CSCC(C)n1ccc2c(Cl)c(C#N)ccc21. The van der Waals surface area contributed by atoms with Crippen molar-refractivity contribution < 1.29 is 0 Å². The Bertz CT molecular complexity index is 583. The van der Waals surface area contributed by atoms with E-state index in [2.05, 4.69) is 23.8 Å². The van der Waals surface area contributed by atoms with Gasteiger partial charge in [-0.05, 0) is 31.4 Å². The van der Waals surface area contributed by atoms with Gasteiger partial charge in [-0.25, -0.2) is 0 Å². The van der Waals surface area contributed by atoms with Crippen LogP contribution in [0.2, 0.25) is 5.02 Å². The van der Waals surface area contributed by atoms with Crippen LogP contribution in [0.25, 0.3) is 10.9 Å². The molecule has 0 amide bonds. The highest BCUT2D eigenvalue weighted by atomic mass is 35.5. The largest absolute Gasteiger partial charge is 0.344 e. The predicted molar refractivity (Wildman–Crippen MR) is 74.8 cm³/mol. The van der Waals surface area contributed by atoms with Gasteiger partial charge in [-0.3, -0.25) is 0 Å². The van der Waals surface area contributed by atoms with Gasteiger partial charge in [-0.15, -0.1) is 0 Å². The van der Waals surface area contributed by atoms with Crippen LogP contribution in [-0.2, 0) is 0 Å². The molecule has 2 nitrogen and oxygen atoms in total. The molecule has 0 aliphatic heterocycles. The molecule has 0 saturated heterocycles. The molecule has 17 heavy (non-hydrogen) atoms. The fourth-order valence-electron chi connectivity index (χ4n) is 1.99. The summed E-state index contributed by atoms with van der Waals surface area (Å²) in [5.41, 5.74) is 1.63. The molecule has 0 N–H and O–H groups in total. The lowest BCUT2D eigenvalue weighted by Crippen LogP contribution is -2.05. The fourth-order valence-corrected chi connectivity index (χ4v) is 2.90. The van der Waals surface area contributed by atoms with Gasteiger partial charge in [0.2, 0.25) is 0 Å². The Morgan fingerprint density at radius 1 is 1.47 bits per heavy atom. The summed E-state index contributed by atoms with van der Waals surface area (Å²) >= 11 is 8.02. The van der Waals surface area contributed by atoms with E-state index in [1.165, 1.54) is 0 Å². The molecule has 0 spiro atoms. The monoisotopic (exact) mass is 264 g/mol. The van der Waals surface area contributed by atoms with E-state index in [0.29, 0.717) is 16.6 Å². The molecule has 0 aliphatic rings. The first-order chi connectivity index (χ1) is 8.19. The van der Waals surface area contributed by atoms with Gasteiger partial charge in [0.15, 0.2) is 0 Å². The van der Waals surface area contributed by atoms with Crippen molar-refractivity contribution in [2.24, 2.45) is 0 Å². The maximum atomic E-state index is 8.93. The zero-order valence-corrected chi connectivity index (χ0v) is 11.3. The maximum absolute atomic E-state index is 8.93. The van der Waals surface area contributed by atoms with Crippen LogP contribution in [0.1, 0.15) is 18.5 Å². The Morgan fingerprint density at radius 3 is 2.88 bits per heavy atom. The zero-order chi connectivity index (χ0) is 12.4. The van der Waals surface area contributed by atoms with E-state index in [9.17, 15) is 0 Å². The van der Waals surface area contributed by atoms with Gasteiger partial charge in [0.25, 0.3) is 0 Å². The summed E-state index contributed by atoms with van der Waals surface area (Å²) < 4.78 is 2.21. The Kier molecular flexibility index (Phi) is 3.66. The lowest BCUT2D eigenvalue weighted by atomic mass is 10.1. The van der Waals surface area contributed by atoms with Crippen molar-refractivity contribution in [1.82, 2.24) is 4.57 Å². The normalized spacial score (nSPS) is 12.6. The molecular formula is C13H13ClN2S. The van der Waals surface area contributed by atoms with E-state index in [4.69, 9.17) is 16.9 Å². The number of fused-ring (bicyclic) bond motifs is 1. The smallest absolute Gasteiger partial charge is 0.101 e. The first-order valence-electron chi connectivity index (χ1n) is 5.37. The molecule has 88 valence electrons. The van der Waals surface area contributed by atoms with Crippen molar-refractivity contribution in [2.75, 3.05) is 12.0 Å². The molecule has 2 aromatic rings. The van der Waals surface area contributed by atoms with E-state index in [1.54, 1.807) is 6.07 Å². The predicted octanol–water partition coefficient (Wildman–Crippen LogP) is 4.09. The molecule has 4 heteroatoms. The van der Waals surface area contributed by atoms with Crippen LogP contribution in [0.4, 0.5) is 0 Å².